The summed E-state index contributed by atoms with van der Waals surface area (Å²) in [5, 5.41) is 6.38. The number of carbonyl (C=O) groups is 2. The van der Waals surface area contributed by atoms with Gasteiger partial charge < -0.3 is 19.4 Å². The second-order valence-electron chi connectivity index (χ2n) is 5.46. The van der Waals surface area contributed by atoms with Gasteiger partial charge in [-0.2, -0.15) is 0 Å². The minimum absolute atomic E-state index is 0. The van der Waals surface area contributed by atoms with Gasteiger partial charge >= 0.3 is 37.1 Å². The third kappa shape index (κ3) is 6.99. The van der Waals surface area contributed by atoms with Crippen LogP contribution in [-0.2, 0) is 24.6 Å². The van der Waals surface area contributed by atoms with E-state index in [-0.39, 0.29) is 19.4 Å². The SMILES string of the molecule is C.CCOC(=O)c1cc2c(Br)csc2[nH]1.CCOC(=O)c1cc2c(Cl)csc2[nH]1.[Cl][Cu]. The van der Waals surface area contributed by atoms with E-state index in [0.717, 1.165) is 24.9 Å². The van der Waals surface area contributed by atoms with Gasteiger partial charge in [-0.1, -0.05) is 19.0 Å². The molecule has 0 saturated carbocycles. The van der Waals surface area contributed by atoms with Crippen LogP contribution >= 0.6 is 60.3 Å². The van der Waals surface area contributed by atoms with E-state index < -0.39 is 0 Å². The standard InChI is InChI=1S/C9H8BrNO2S.C9H8ClNO2S.CH4.ClH.Cu/c2*1-2-13-9(12)7-3-5-6(10)4-14-8(5)11-7;;;/h2*3-4,11H,2H2,1H3;1H4;1H;/q;;;;+1/p-1. The summed E-state index contributed by atoms with van der Waals surface area (Å²) in [6.07, 6.45) is 0. The van der Waals surface area contributed by atoms with Crippen LogP contribution in [0.4, 0.5) is 0 Å². The van der Waals surface area contributed by atoms with Gasteiger partial charge in [0.2, 0.25) is 0 Å². The first-order chi connectivity index (χ1) is 14.4. The Balaban J connectivity index is 0.000000279. The van der Waals surface area contributed by atoms with E-state index in [0.29, 0.717) is 29.6 Å². The van der Waals surface area contributed by atoms with E-state index in [1.165, 1.54) is 11.3 Å². The van der Waals surface area contributed by atoms with Gasteiger partial charge in [0.05, 0.1) is 18.2 Å². The number of esters is 2. The average molecular weight is 619 g/mol. The number of rotatable bonds is 4. The van der Waals surface area contributed by atoms with Gasteiger partial charge in [-0.25, -0.2) is 9.59 Å². The van der Waals surface area contributed by atoms with Gasteiger partial charge in [-0.15, -0.1) is 22.7 Å². The summed E-state index contributed by atoms with van der Waals surface area (Å²) in [6, 6.07) is 3.51. The molecule has 0 aliphatic rings. The Morgan fingerprint density at radius 2 is 1.42 bits per heavy atom. The molecule has 0 aliphatic carbocycles. The molecule has 4 aromatic heterocycles. The van der Waals surface area contributed by atoms with Crippen molar-refractivity contribution in [1.82, 2.24) is 9.97 Å². The molecule has 0 fully saturated rings. The van der Waals surface area contributed by atoms with Crippen LogP contribution in [0.1, 0.15) is 42.3 Å². The molecule has 4 aromatic rings. The third-order valence-corrected chi connectivity index (χ3v) is 6.85. The molecule has 0 unspecified atom stereocenters. The minimum atomic E-state index is -0.341. The fourth-order valence-corrected chi connectivity index (χ4v) is 5.09. The molecule has 0 atom stereocenters. The summed E-state index contributed by atoms with van der Waals surface area (Å²) in [5.41, 5.74) is 0.963. The average Bonchev–Trinajstić information content (AvgIpc) is 3.49. The molecule has 0 aliphatic heterocycles. The van der Waals surface area contributed by atoms with Crippen LogP contribution in [0, 0.1) is 0 Å². The number of carbonyl (C=O) groups excluding carboxylic acids is 2. The molecule has 2 N–H and O–H groups in total. The number of halogens is 3. The summed E-state index contributed by atoms with van der Waals surface area (Å²) in [6.45, 7) is 4.33. The zero-order valence-corrected chi connectivity index (χ0v) is 21.3. The van der Waals surface area contributed by atoms with Gasteiger partial charge in [-0.05, 0) is 41.9 Å². The molecule has 0 aromatic carbocycles. The van der Waals surface area contributed by atoms with Gasteiger partial charge in [0.15, 0.2) is 0 Å². The fourth-order valence-electron chi connectivity index (χ4n) is 2.40. The molecule has 31 heavy (non-hydrogen) atoms. The number of aromatic nitrogens is 2. The Kier molecular flexibility index (Phi) is 12.2. The molecule has 12 heteroatoms. The van der Waals surface area contributed by atoms with Crippen LogP contribution in [0.5, 0.6) is 0 Å². The summed E-state index contributed by atoms with van der Waals surface area (Å²) >= 11 is 16.0. The van der Waals surface area contributed by atoms with E-state index in [9.17, 15) is 9.59 Å². The van der Waals surface area contributed by atoms with Crippen LogP contribution in [0.3, 0.4) is 0 Å². The van der Waals surface area contributed by atoms with Crippen molar-refractivity contribution in [3.8, 4) is 0 Å². The first-order valence-corrected chi connectivity index (χ1v) is 12.6. The number of H-pyrrole nitrogens is 2. The van der Waals surface area contributed by atoms with Crippen LogP contribution < -0.4 is 0 Å². The van der Waals surface area contributed by atoms with E-state index in [1.54, 1.807) is 37.3 Å². The number of fused-ring (bicyclic) bond motifs is 2. The van der Waals surface area contributed by atoms with Crippen LogP contribution in [0.15, 0.2) is 27.4 Å². The molecule has 0 radical (unpaired) electrons. The predicted octanol–water partition coefficient (Wildman–Crippen LogP) is 7.55. The number of thiophene rings is 2. The van der Waals surface area contributed by atoms with Crippen LogP contribution in [-0.4, -0.2) is 35.1 Å². The first kappa shape index (κ1) is 28.0. The maximum atomic E-state index is 11.4. The van der Waals surface area contributed by atoms with Crippen molar-refractivity contribution in [1.29, 1.82) is 0 Å². The monoisotopic (exact) mass is 616 g/mol. The van der Waals surface area contributed by atoms with Crippen molar-refractivity contribution in [2.24, 2.45) is 0 Å². The normalized spacial score (nSPS) is 9.90. The molecule has 174 valence electrons. The van der Waals surface area contributed by atoms with E-state index in [2.05, 4.69) is 51.1 Å². The summed E-state index contributed by atoms with van der Waals surface area (Å²) in [7, 11) is 4.20. The van der Waals surface area contributed by atoms with E-state index in [4.69, 9.17) is 21.1 Å². The number of aromatic amines is 2. The molecule has 0 saturated heterocycles. The van der Waals surface area contributed by atoms with Crippen molar-refractivity contribution in [3.05, 3.63) is 43.8 Å². The van der Waals surface area contributed by atoms with E-state index in [1.807, 2.05) is 10.8 Å². The Bertz CT molecular complexity index is 1050. The summed E-state index contributed by atoms with van der Waals surface area (Å²) in [4.78, 5) is 30.6. The van der Waals surface area contributed by atoms with Gasteiger partial charge in [0.1, 0.15) is 21.0 Å². The molecule has 0 spiro atoms. The van der Waals surface area contributed by atoms with Crippen molar-refractivity contribution in [2.75, 3.05) is 13.2 Å². The Labute approximate surface area is 213 Å². The maximum absolute atomic E-state index is 11.4. The molecule has 6 nitrogen and oxygen atoms in total. The third-order valence-electron chi connectivity index (χ3n) is 3.63. The Hall–Kier alpha value is -1.00. The quantitative estimate of drug-likeness (QED) is 0.183. The van der Waals surface area contributed by atoms with Crippen molar-refractivity contribution >= 4 is 92.7 Å². The number of hydrogen-bond acceptors (Lipinski definition) is 6. The van der Waals surface area contributed by atoms with E-state index >= 15 is 0 Å². The van der Waals surface area contributed by atoms with Crippen molar-refractivity contribution in [2.45, 2.75) is 21.3 Å². The second-order valence-corrected chi connectivity index (χ2v) is 8.48. The molecule has 4 rings (SSSR count). The Morgan fingerprint density at radius 1 is 0.968 bits per heavy atom. The number of nitrogens with one attached hydrogen (secondary N) is 2. The number of hydrogen-bond donors (Lipinski definition) is 2. The molecular weight excluding hydrogens is 599 g/mol. The van der Waals surface area contributed by atoms with Gasteiger partial charge in [-0.3, -0.25) is 0 Å². The second kappa shape index (κ2) is 13.5. The number of ether oxygens (including phenoxy) is 2. The molecule has 0 bridgehead atoms. The topological polar surface area (TPSA) is 84.2 Å². The zero-order valence-electron chi connectivity index (χ0n) is 15.6. The first-order valence-electron chi connectivity index (χ1n) is 8.41. The summed E-state index contributed by atoms with van der Waals surface area (Å²) < 4.78 is 10.7. The van der Waals surface area contributed by atoms with Gasteiger partial charge in [0, 0.05) is 26.0 Å². The Morgan fingerprint density at radius 3 is 1.87 bits per heavy atom. The zero-order chi connectivity index (χ0) is 22.3. The van der Waals surface area contributed by atoms with Crippen molar-refractivity contribution < 1.29 is 34.2 Å². The molecule has 0 amide bonds. The van der Waals surface area contributed by atoms with Gasteiger partial charge in [0.25, 0.3) is 0 Å². The molecular formula is C19H20BrCl2CuN2O4S2. The summed E-state index contributed by atoms with van der Waals surface area (Å²) in [5.74, 6) is -0.644. The molecule has 4 heterocycles. The van der Waals surface area contributed by atoms with Crippen LogP contribution in [0.2, 0.25) is 5.02 Å². The predicted molar refractivity (Wildman–Crippen MR) is 130 cm³/mol. The fraction of sp³-hybridized carbons (Fsp3) is 0.263. The van der Waals surface area contributed by atoms with Crippen molar-refractivity contribution in [3.63, 3.8) is 0 Å². The van der Waals surface area contributed by atoms with Crippen LogP contribution in [0.25, 0.3) is 20.4 Å².